The van der Waals surface area contributed by atoms with Crippen LogP contribution in [0, 0.1) is 5.82 Å². The van der Waals surface area contributed by atoms with Crippen LogP contribution in [0.1, 0.15) is 12.5 Å². The molecule has 128 valence electrons. The molecule has 2 aromatic carbocycles. The SMILES string of the molecule is C[C@@]1(c2ccccc2)NC(=O)N(CC(=O)Nc2cccc(F)c2)C1=O. The molecule has 2 aromatic rings. The van der Waals surface area contributed by atoms with Gasteiger partial charge in [-0.3, -0.25) is 14.5 Å². The van der Waals surface area contributed by atoms with Crippen molar-refractivity contribution in [2.45, 2.75) is 12.5 Å². The van der Waals surface area contributed by atoms with E-state index in [1.165, 1.54) is 18.2 Å². The molecular weight excluding hydrogens is 325 g/mol. The minimum Gasteiger partial charge on any atom is -0.324 e. The third-order valence-electron chi connectivity index (χ3n) is 4.04. The maximum absolute atomic E-state index is 13.2. The molecule has 1 fully saturated rings. The number of urea groups is 1. The van der Waals surface area contributed by atoms with Crippen molar-refractivity contribution >= 4 is 23.5 Å². The number of nitrogens with zero attached hydrogens (tertiary/aromatic N) is 1. The number of hydrogen-bond donors (Lipinski definition) is 2. The van der Waals surface area contributed by atoms with E-state index in [2.05, 4.69) is 10.6 Å². The third-order valence-corrected chi connectivity index (χ3v) is 4.04. The number of amides is 4. The van der Waals surface area contributed by atoms with Gasteiger partial charge in [-0.1, -0.05) is 36.4 Å². The van der Waals surface area contributed by atoms with Crippen molar-refractivity contribution in [1.29, 1.82) is 0 Å². The van der Waals surface area contributed by atoms with E-state index in [9.17, 15) is 18.8 Å². The molecule has 1 aliphatic heterocycles. The maximum atomic E-state index is 13.2. The molecule has 1 atom stereocenters. The van der Waals surface area contributed by atoms with Gasteiger partial charge in [0.2, 0.25) is 5.91 Å². The van der Waals surface area contributed by atoms with E-state index in [-0.39, 0.29) is 5.69 Å². The maximum Gasteiger partial charge on any atom is 0.325 e. The van der Waals surface area contributed by atoms with Gasteiger partial charge < -0.3 is 10.6 Å². The Labute approximate surface area is 143 Å². The van der Waals surface area contributed by atoms with Crippen LogP contribution in [0.3, 0.4) is 0 Å². The van der Waals surface area contributed by atoms with Crippen molar-refractivity contribution < 1.29 is 18.8 Å². The Morgan fingerprint density at radius 1 is 1.16 bits per heavy atom. The number of imide groups is 1. The summed E-state index contributed by atoms with van der Waals surface area (Å²) in [7, 11) is 0. The first-order valence-electron chi connectivity index (χ1n) is 7.65. The monoisotopic (exact) mass is 341 g/mol. The Morgan fingerprint density at radius 3 is 2.56 bits per heavy atom. The minimum atomic E-state index is -1.22. The summed E-state index contributed by atoms with van der Waals surface area (Å²) >= 11 is 0. The molecule has 3 rings (SSSR count). The highest BCUT2D eigenvalue weighted by Gasteiger charge is 2.49. The van der Waals surface area contributed by atoms with Crippen molar-refractivity contribution in [3.05, 3.63) is 66.0 Å². The van der Waals surface area contributed by atoms with Crippen LogP contribution in [-0.2, 0) is 15.1 Å². The lowest BCUT2D eigenvalue weighted by molar-refractivity contribution is -0.133. The van der Waals surface area contributed by atoms with Crippen molar-refractivity contribution in [3.8, 4) is 0 Å². The zero-order valence-corrected chi connectivity index (χ0v) is 13.5. The Bertz CT molecular complexity index is 840. The summed E-state index contributed by atoms with van der Waals surface area (Å²) < 4.78 is 13.2. The van der Waals surface area contributed by atoms with Gasteiger partial charge in [-0.05, 0) is 30.7 Å². The third kappa shape index (κ3) is 3.21. The molecule has 0 spiro atoms. The molecule has 0 radical (unpaired) electrons. The largest absolute Gasteiger partial charge is 0.325 e. The van der Waals surface area contributed by atoms with Crippen LogP contribution in [0.15, 0.2) is 54.6 Å². The average molecular weight is 341 g/mol. The molecule has 25 heavy (non-hydrogen) atoms. The Hall–Kier alpha value is -3.22. The molecular formula is C18H16FN3O3. The van der Waals surface area contributed by atoms with Crippen molar-refractivity contribution in [2.75, 3.05) is 11.9 Å². The second-order valence-electron chi connectivity index (χ2n) is 5.87. The number of carbonyl (C=O) groups is 3. The number of benzene rings is 2. The Balaban J connectivity index is 1.74. The highest BCUT2D eigenvalue weighted by molar-refractivity contribution is 6.10. The van der Waals surface area contributed by atoms with Gasteiger partial charge in [-0.15, -0.1) is 0 Å². The van der Waals surface area contributed by atoms with E-state index < -0.39 is 35.7 Å². The van der Waals surface area contributed by atoms with E-state index in [1.54, 1.807) is 37.3 Å². The molecule has 0 unspecified atom stereocenters. The van der Waals surface area contributed by atoms with Crippen LogP contribution in [0.2, 0.25) is 0 Å². The van der Waals surface area contributed by atoms with E-state index in [4.69, 9.17) is 0 Å². The molecule has 1 saturated heterocycles. The first-order valence-corrected chi connectivity index (χ1v) is 7.65. The van der Waals surface area contributed by atoms with E-state index in [0.29, 0.717) is 5.56 Å². The van der Waals surface area contributed by atoms with Crippen molar-refractivity contribution in [1.82, 2.24) is 10.2 Å². The summed E-state index contributed by atoms with van der Waals surface area (Å²) in [5.74, 6) is -1.60. The predicted molar refractivity (Wildman–Crippen MR) is 89.1 cm³/mol. The number of anilines is 1. The lowest BCUT2D eigenvalue weighted by Gasteiger charge is -2.22. The van der Waals surface area contributed by atoms with Gasteiger partial charge in [0, 0.05) is 5.69 Å². The van der Waals surface area contributed by atoms with Crippen LogP contribution in [-0.4, -0.2) is 29.3 Å². The normalized spacial score (nSPS) is 19.7. The number of hydrogen-bond acceptors (Lipinski definition) is 3. The Kier molecular flexibility index (Phi) is 4.22. The lowest BCUT2D eigenvalue weighted by atomic mass is 9.92. The second kappa shape index (κ2) is 6.35. The van der Waals surface area contributed by atoms with Gasteiger partial charge in [0.25, 0.3) is 5.91 Å². The molecule has 1 aliphatic rings. The van der Waals surface area contributed by atoms with Crippen LogP contribution >= 0.6 is 0 Å². The fourth-order valence-electron chi connectivity index (χ4n) is 2.72. The van der Waals surface area contributed by atoms with Crippen molar-refractivity contribution in [3.63, 3.8) is 0 Å². The van der Waals surface area contributed by atoms with Crippen LogP contribution in [0.25, 0.3) is 0 Å². The number of carbonyl (C=O) groups excluding carboxylic acids is 3. The van der Waals surface area contributed by atoms with Gasteiger partial charge in [-0.25, -0.2) is 9.18 Å². The number of halogens is 1. The topological polar surface area (TPSA) is 78.5 Å². The van der Waals surface area contributed by atoms with Crippen molar-refractivity contribution in [2.24, 2.45) is 0 Å². The first-order chi connectivity index (χ1) is 11.9. The molecule has 7 heteroatoms. The highest BCUT2D eigenvalue weighted by atomic mass is 19.1. The molecule has 2 N–H and O–H groups in total. The summed E-state index contributed by atoms with van der Waals surface area (Å²) in [6, 6.07) is 13.5. The molecule has 0 saturated carbocycles. The highest BCUT2D eigenvalue weighted by Crippen LogP contribution is 2.28. The van der Waals surface area contributed by atoms with Gasteiger partial charge in [-0.2, -0.15) is 0 Å². The second-order valence-corrected chi connectivity index (χ2v) is 5.87. The first kappa shape index (κ1) is 16.6. The Morgan fingerprint density at radius 2 is 1.88 bits per heavy atom. The van der Waals surface area contributed by atoms with Gasteiger partial charge >= 0.3 is 6.03 Å². The van der Waals surface area contributed by atoms with Crippen LogP contribution in [0.5, 0.6) is 0 Å². The standard InChI is InChI=1S/C18H16FN3O3/c1-18(12-6-3-2-4-7-12)16(24)22(17(25)21-18)11-15(23)20-14-9-5-8-13(19)10-14/h2-10H,11H2,1H3,(H,20,23)(H,21,25)/t18-/m0/s1. The molecule has 0 aliphatic carbocycles. The van der Waals surface area contributed by atoms with E-state index >= 15 is 0 Å². The van der Waals surface area contributed by atoms with Crippen LogP contribution < -0.4 is 10.6 Å². The van der Waals surface area contributed by atoms with Gasteiger partial charge in [0.05, 0.1) is 0 Å². The summed E-state index contributed by atoms with van der Waals surface area (Å²) in [5, 5.41) is 5.09. The van der Waals surface area contributed by atoms with E-state index in [0.717, 1.165) is 11.0 Å². The zero-order chi connectivity index (χ0) is 18.0. The van der Waals surface area contributed by atoms with Gasteiger partial charge in [0.1, 0.15) is 17.9 Å². The molecule has 0 bridgehead atoms. The summed E-state index contributed by atoms with van der Waals surface area (Å²) in [6.07, 6.45) is 0. The minimum absolute atomic E-state index is 0.253. The molecule has 6 nitrogen and oxygen atoms in total. The zero-order valence-electron chi connectivity index (χ0n) is 13.5. The lowest BCUT2D eigenvalue weighted by Crippen LogP contribution is -2.42. The molecule has 1 heterocycles. The summed E-state index contributed by atoms with van der Waals surface area (Å²) in [6.45, 7) is 1.14. The fraction of sp³-hybridized carbons (Fsp3) is 0.167. The number of nitrogens with one attached hydrogen (secondary N) is 2. The van der Waals surface area contributed by atoms with Gasteiger partial charge in [0.15, 0.2) is 0 Å². The molecule has 0 aromatic heterocycles. The molecule has 4 amide bonds. The average Bonchev–Trinajstić information content (AvgIpc) is 2.80. The smallest absolute Gasteiger partial charge is 0.324 e. The summed E-state index contributed by atoms with van der Waals surface area (Å²) in [4.78, 5) is 37.8. The van der Waals surface area contributed by atoms with E-state index in [1.807, 2.05) is 0 Å². The van der Waals surface area contributed by atoms with Crippen LogP contribution in [0.4, 0.5) is 14.9 Å². The summed E-state index contributed by atoms with van der Waals surface area (Å²) in [5.41, 5.74) is -0.346. The predicted octanol–water partition coefficient (Wildman–Crippen LogP) is 2.23. The quantitative estimate of drug-likeness (QED) is 0.837. The number of rotatable bonds is 4. The fourth-order valence-corrected chi connectivity index (χ4v) is 2.72.